The Morgan fingerprint density at radius 1 is 1.45 bits per heavy atom. The SMILES string of the molecule is CC1CN(C(=O)C2CC2)CCC1NCc1cnc(N(C)C)s1. The summed E-state index contributed by atoms with van der Waals surface area (Å²) in [6, 6.07) is 0.494. The first kappa shape index (κ1) is 15.7. The van der Waals surface area contributed by atoms with Crippen LogP contribution in [0.15, 0.2) is 6.20 Å². The molecule has 0 spiro atoms. The van der Waals surface area contributed by atoms with E-state index in [9.17, 15) is 4.79 Å². The van der Waals surface area contributed by atoms with Gasteiger partial charge in [-0.05, 0) is 25.2 Å². The quantitative estimate of drug-likeness (QED) is 0.900. The number of amides is 1. The van der Waals surface area contributed by atoms with Gasteiger partial charge in [-0.2, -0.15) is 0 Å². The van der Waals surface area contributed by atoms with Crippen LogP contribution in [-0.2, 0) is 11.3 Å². The van der Waals surface area contributed by atoms with Gasteiger partial charge in [0.25, 0.3) is 0 Å². The first-order valence-electron chi connectivity index (χ1n) is 8.19. The molecule has 1 saturated heterocycles. The van der Waals surface area contributed by atoms with Gasteiger partial charge in [0.05, 0.1) is 0 Å². The predicted molar refractivity (Wildman–Crippen MR) is 90.2 cm³/mol. The summed E-state index contributed by atoms with van der Waals surface area (Å²) in [6.07, 6.45) is 5.22. The summed E-state index contributed by atoms with van der Waals surface area (Å²) in [6.45, 7) is 4.93. The average Bonchev–Trinajstić information content (AvgIpc) is 3.23. The number of piperidine rings is 1. The van der Waals surface area contributed by atoms with Gasteiger partial charge in [0, 0.05) is 56.8 Å². The Labute approximate surface area is 136 Å². The minimum atomic E-state index is 0.346. The molecule has 2 fully saturated rings. The van der Waals surface area contributed by atoms with E-state index in [0.717, 1.165) is 44.0 Å². The maximum absolute atomic E-state index is 12.2. The third kappa shape index (κ3) is 3.60. The summed E-state index contributed by atoms with van der Waals surface area (Å²) < 4.78 is 0. The van der Waals surface area contributed by atoms with E-state index in [1.165, 1.54) is 4.88 Å². The van der Waals surface area contributed by atoms with Crippen LogP contribution in [0, 0.1) is 11.8 Å². The number of aromatic nitrogens is 1. The third-order valence-electron chi connectivity index (χ3n) is 4.61. The number of hydrogen-bond acceptors (Lipinski definition) is 5. The van der Waals surface area contributed by atoms with E-state index in [1.807, 2.05) is 25.2 Å². The van der Waals surface area contributed by atoms with E-state index in [4.69, 9.17) is 0 Å². The molecular formula is C16H26N4OS. The van der Waals surface area contributed by atoms with E-state index in [2.05, 4.69) is 22.1 Å². The highest BCUT2D eigenvalue weighted by Crippen LogP contribution is 2.32. The van der Waals surface area contributed by atoms with Crippen molar-refractivity contribution in [2.75, 3.05) is 32.1 Å². The van der Waals surface area contributed by atoms with Crippen molar-refractivity contribution in [3.8, 4) is 0 Å². The number of nitrogens with zero attached hydrogens (tertiary/aromatic N) is 3. The molecule has 6 heteroatoms. The summed E-state index contributed by atoms with van der Waals surface area (Å²) in [5.74, 6) is 1.25. The Kier molecular flexibility index (Phi) is 4.68. The standard InChI is InChI=1S/C16H26N4OS/c1-11-10-20(15(21)12-4-5-12)7-6-14(11)17-8-13-9-18-16(22-13)19(2)3/h9,11-12,14,17H,4-8,10H2,1-3H3. The molecule has 2 heterocycles. The van der Waals surface area contributed by atoms with Crippen molar-refractivity contribution in [2.24, 2.45) is 11.8 Å². The molecule has 1 aromatic heterocycles. The van der Waals surface area contributed by atoms with E-state index >= 15 is 0 Å². The van der Waals surface area contributed by atoms with Gasteiger partial charge >= 0.3 is 0 Å². The molecule has 1 aromatic rings. The summed E-state index contributed by atoms with van der Waals surface area (Å²) in [5.41, 5.74) is 0. The average molecular weight is 322 g/mol. The minimum absolute atomic E-state index is 0.346. The van der Waals surface area contributed by atoms with Gasteiger partial charge in [-0.1, -0.05) is 6.92 Å². The number of carbonyl (C=O) groups excluding carboxylic acids is 1. The highest BCUT2D eigenvalue weighted by atomic mass is 32.1. The number of carbonyl (C=O) groups is 1. The number of thiazole rings is 1. The minimum Gasteiger partial charge on any atom is -0.354 e. The molecule has 5 nitrogen and oxygen atoms in total. The van der Waals surface area contributed by atoms with Gasteiger partial charge in [0.15, 0.2) is 5.13 Å². The smallest absolute Gasteiger partial charge is 0.225 e. The molecule has 0 aromatic carbocycles. The van der Waals surface area contributed by atoms with Crippen LogP contribution in [0.3, 0.4) is 0 Å². The predicted octanol–water partition coefficient (Wildman–Crippen LogP) is 1.95. The molecule has 0 radical (unpaired) electrons. The van der Waals surface area contributed by atoms with E-state index < -0.39 is 0 Å². The van der Waals surface area contributed by atoms with Crippen molar-refractivity contribution in [3.05, 3.63) is 11.1 Å². The van der Waals surface area contributed by atoms with Crippen LogP contribution >= 0.6 is 11.3 Å². The number of nitrogens with one attached hydrogen (secondary N) is 1. The molecule has 122 valence electrons. The van der Waals surface area contributed by atoms with Gasteiger partial charge in [0.1, 0.15) is 0 Å². The number of likely N-dealkylation sites (tertiary alicyclic amines) is 1. The first-order chi connectivity index (χ1) is 10.5. The van der Waals surface area contributed by atoms with Crippen molar-refractivity contribution < 1.29 is 4.79 Å². The van der Waals surface area contributed by atoms with Gasteiger partial charge in [-0.3, -0.25) is 4.79 Å². The zero-order chi connectivity index (χ0) is 15.7. The Hall–Kier alpha value is -1.14. The molecule has 2 aliphatic rings. The molecule has 1 saturated carbocycles. The monoisotopic (exact) mass is 322 g/mol. The van der Waals surface area contributed by atoms with E-state index in [1.54, 1.807) is 11.3 Å². The molecule has 1 amide bonds. The molecular weight excluding hydrogens is 296 g/mol. The molecule has 2 unspecified atom stereocenters. The van der Waals surface area contributed by atoms with Crippen molar-refractivity contribution >= 4 is 22.4 Å². The second-order valence-corrected chi connectivity index (χ2v) is 7.91. The van der Waals surface area contributed by atoms with Crippen molar-refractivity contribution in [1.82, 2.24) is 15.2 Å². The highest BCUT2D eigenvalue weighted by Gasteiger charge is 2.36. The molecule has 1 N–H and O–H groups in total. The third-order valence-corrected chi connectivity index (χ3v) is 5.77. The van der Waals surface area contributed by atoms with Crippen LogP contribution in [0.4, 0.5) is 5.13 Å². The van der Waals surface area contributed by atoms with Gasteiger partial charge in [0.2, 0.25) is 5.91 Å². The van der Waals surface area contributed by atoms with Gasteiger partial charge in [-0.25, -0.2) is 4.98 Å². The van der Waals surface area contributed by atoms with Crippen molar-refractivity contribution in [2.45, 2.75) is 38.8 Å². The van der Waals surface area contributed by atoms with Gasteiger partial charge < -0.3 is 15.1 Å². The Morgan fingerprint density at radius 3 is 2.82 bits per heavy atom. The van der Waals surface area contributed by atoms with Crippen molar-refractivity contribution in [1.29, 1.82) is 0 Å². The van der Waals surface area contributed by atoms with Crippen LogP contribution in [0.1, 0.15) is 31.1 Å². The largest absolute Gasteiger partial charge is 0.354 e. The lowest BCUT2D eigenvalue weighted by Crippen LogP contribution is -2.50. The fourth-order valence-electron chi connectivity index (χ4n) is 3.05. The molecule has 0 bridgehead atoms. The summed E-state index contributed by atoms with van der Waals surface area (Å²) >= 11 is 1.74. The second kappa shape index (κ2) is 6.54. The van der Waals surface area contributed by atoms with Crippen LogP contribution in [-0.4, -0.2) is 49.0 Å². The lowest BCUT2D eigenvalue weighted by Gasteiger charge is -2.37. The summed E-state index contributed by atoms with van der Waals surface area (Å²) in [4.78, 5) is 22.0. The van der Waals surface area contributed by atoms with E-state index in [0.29, 0.717) is 23.8 Å². The zero-order valence-corrected chi connectivity index (χ0v) is 14.5. The molecule has 22 heavy (non-hydrogen) atoms. The lowest BCUT2D eigenvalue weighted by atomic mass is 9.93. The number of hydrogen-bond donors (Lipinski definition) is 1. The first-order valence-corrected chi connectivity index (χ1v) is 9.00. The Balaban J connectivity index is 1.48. The van der Waals surface area contributed by atoms with Gasteiger partial charge in [-0.15, -0.1) is 11.3 Å². The molecule has 2 atom stereocenters. The Morgan fingerprint density at radius 2 is 2.23 bits per heavy atom. The molecule has 1 aliphatic carbocycles. The zero-order valence-electron chi connectivity index (χ0n) is 13.7. The second-order valence-electron chi connectivity index (χ2n) is 6.82. The van der Waals surface area contributed by atoms with Crippen LogP contribution in [0.2, 0.25) is 0 Å². The fourth-order valence-corrected chi connectivity index (χ4v) is 3.84. The molecule has 1 aliphatic heterocycles. The fraction of sp³-hybridized carbons (Fsp3) is 0.750. The van der Waals surface area contributed by atoms with Crippen LogP contribution < -0.4 is 10.2 Å². The summed E-state index contributed by atoms with van der Waals surface area (Å²) in [5, 5.41) is 4.71. The van der Waals surface area contributed by atoms with Crippen LogP contribution in [0.5, 0.6) is 0 Å². The highest BCUT2D eigenvalue weighted by molar-refractivity contribution is 7.15. The van der Waals surface area contributed by atoms with Crippen molar-refractivity contribution in [3.63, 3.8) is 0 Å². The maximum Gasteiger partial charge on any atom is 0.225 e. The summed E-state index contributed by atoms with van der Waals surface area (Å²) in [7, 11) is 4.04. The maximum atomic E-state index is 12.2. The lowest BCUT2D eigenvalue weighted by molar-refractivity contribution is -0.134. The number of rotatable bonds is 5. The van der Waals surface area contributed by atoms with Crippen LogP contribution in [0.25, 0.3) is 0 Å². The number of anilines is 1. The topological polar surface area (TPSA) is 48.5 Å². The van der Waals surface area contributed by atoms with E-state index in [-0.39, 0.29) is 0 Å². The normalized spacial score (nSPS) is 25.3. The molecule has 3 rings (SSSR count). The Bertz CT molecular complexity index is 526.